The van der Waals surface area contributed by atoms with Crippen molar-refractivity contribution in [3.8, 4) is 0 Å². The number of nitrogens with zero attached hydrogens (tertiary/aromatic N) is 2. The standard InChI is InChI=1S/C17H21FN4O3/c18-14-4-2-1-3-12(14)9-21-7-5-13(6-8-21)19-15(23)10-22-11-16(24)20-17(22)25/h1-4,13H,5-11H2,(H,19,23)(H,20,24,25). The second-order valence-corrected chi connectivity index (χ2v) is 6.42. The zero-order valence-electron chi connectivity index (χ0n) is 13.8. The van der Waals surface area contributed by atoms with Crippen LogP contribution in [-0.4, -0.2) is 59.9 Å². The van der Waals surface area contributed by atoms with Gasteiger partial charge >= 0.3 is 6.03 Å². The maximum absolute atomic E-state index is 13.7. The van der Waals surface area contributed by atoms with Gasteiger partial charge in [0.25, 0.3) is 0 Å². The van der Waals surface area contributed by atoms with Crippen LogP contribution in [0.1, 0.15) is 18.4 Å². The summed E-state index contributed by atoms with van der Waals surface area (Å²) in [6.07, 6.45) is 1.54. The molecule has 4 amide bonds. The second-order valence-electron chi connectivity index (χ2n) is 6.42. The number of urea groups is 1. The van der Waals surface area contributed by atoms with E-state index >= 15 is 0 Å². The number of rotatable bonds is 5. The van der Waals surface area contributed by atoms with Gasteiger partial charge in [0.05, 0.1) is 0 Å². The molecule has 2 N–H and O–H groups in total. The van der Waals surface area contributed by atoms with Crippen LogP contribution in [0.3, 0.4) is 0 Å². The summed E-state index contributed by atoms with van der Waals surface area (Å²) >= 11 is 0. The average Bonchev–Trinajstić information content (AvgIpc) is 2.88. The third kappa shape index (κ3) is 4.54. The first-order chi connectivity index (χ1) is 12.0. The van der Waals surface area contributed by atoms with Crippen LogP contribution in [0, 0.1) is 5.82 Å². The molecule has 2 aliphatic rings. The molecule has 1 aromatic rings. The van der Waals surface area contributed by atoms with Gasteiger partial charge in [-0.3, -0.25) is 19.8 Å². The summed E-state index contributed by atoms with van der Waals surface area (Å²) in [6, 6.07) is 6.25. The van der Waals surface area contributed by atoms with E-state index in [-0.39, 0.29) is 36.8 Å². The van der Waals surface area contributed by atoms with Crippen LogP contribution in [0.25, 0.3) is 0 Å². The Balaban J connectivity index is 1.42. The van der Waals surface area contributed by atoms with E-state index in [0.29, 0.717) is 12.1 Å². The van der Waals surface area contributed by atoms with E-state index in [9.17, 15) is 18.8 Å². The molecule has 0 spiro atoms. The van der Waals surface area contributed by atoms with E-state index in [1.54, 1.807) is 12.1 Å². The maximum atomic E-state index is 13.7. The normalized spacial score (nSPS) is 19.2. The number of likely N-dealkylation sites (tertiary alicyclic amines) is 1. The van der Waals surface area contributed by atoms with Gasteiger partial charge in [-0.15, -0.1) is 0 Å². The molecule has 0 saturated carbocycles. The van der Waals surface area contributed by atoms with Crippen LogP contribution in [0.15, 0.2) is 24.3 Å². The third-order valence-corrected chi connectivity index (χ3v) is 4.51. The van der Waals surface area contributed by atoms with Crippen LogP contribution >= 0.6 is 0 Å². The molecular formula is C17H21FN4O3. The van der Waals surface area contributed by atoms with Crippen LogP contribution in [0.2, 0.25) is 0 Å². The van der Waals surface area contributed by atoms with Crippen molar-refractivity contribution < 1.29 is 18.8 Å². The molecule has 7 nitrogen and oxygen atoms in total. The number of amides is 4. The Bertz CT molecular complexity index is 674. The van der Waals surface area contributed by atoms with E-state index in [1.165, 1.54) is 11.0 Å². The van der Waals surface area contributed by atoms with Crippen LogP contribution in [0.5, 0.6) is 0 Å². The molecular weight excluding hydrogens is 327 g/mol. The lowest BCUT2D eigenvalue weighted by molar-refractivity contribution is -0.122. The molecule has 2 saturated heterocycles. The van der Waals surface area contributed by atoms with Crippen molar-refractivity contribution in [2.75, 3.05) is 26.2 Å². The highest BCUT2D eigenvalue weighted by Crippen LogP contribution is 2.15. The summed E-state index contributed by atoms with van der Waals surface area (Å²) < 4.78 is 13.7. The molecule has 0 unspecified atom stereocenters. The minimum atomic E-state index is -0.528. The molecule has 0 radical (unpaired) electrons. The largest absolute Gasteiger partial charge is 0.352 e. The zero-order valence-corrected chi connectivity index (χ0v) is 13.8. The fourth-order valence-electron chi connectivity index (χ4n) is 3.16. The molecule has 0 atom stereocenters. The highest BCUT2D eigenvalue weighted by atomic mass is 19.1. The van der Waals surface area contributed by atoms with Gasteiger partial charge in [-0.2, -0.15) is 0 Å². The SMILES string of the molecule is O=C1CN(CC(=O)NC2CCN(Cc3ccccc3F)CC2)C(=O)N1. The molecule has 8 heteroatoms. The molecule has 2 fully saturated rings. The molecule has 0 aliphatic carbocycles. The molecule has 2 aliphatic heterocycles. The first-order valence-corrected chi connectivity index (χ1v) is 8.35. The fourth-order valence-corrected chi connectivity index (χ4v) is 3.16. The lowest BCUT2D eigenvalue weighted by atomic mass is 10.0. The van der Waals surface area contributed by atoms with E-state index in [0.717, 1.165) is 25.9 Å². The quantitative estimate of drug-likeness (QED) is 0.758. The minimum absolute atomic E-state index is 0.0331. The summed E-state index contributed by atoms with van der Waals surface area (Å²) in [7, 11) is 0. The smallest absolute Gasteiger partial charge is 0.325 e. The van der Waals surface area contributed by atoms with Gasteiger partial charge in [-0.25, -0.2) is 9.18 Å². The van der Waals surface area contributed by atoms with Crippen molar-refractivity contribution in [2.24, 2.45) is 0 Å². The lowest BCUT2D eigenvalue weighted by Gasteiger charge is -2.32. The van der Waals surface area contributed by atoms with Gasteiger partial charge in [-0.1, -0.05) is 18.2 Å². The molecule has 25 heavy (non-hydrogen) atoms. The molecule has 1 aromatic carbocycles. The molecule has 2 heterocycles. The number of hydrogen-bond donors (Lipinski definition) is 2. The number of piperidine rings is 1. The number of carbonyl (C=O) groups is 3. The lowest BCUT2D eigenvalue weighted by Crippen LogP contribution is -2.47. The van der Waals surface area contributed by atoms with E-state index in [4.69, 9.17) is 0 Å². The van der Waals surface area contributed by atoms with Crippen molar-refractivity contribution in [3.63, 3.8) is 0 Å². The number of nitrogens with one attached hydrogen (secondary N) is 2. The van der Waals surface area contributed by atoms with Gasteiger partial charge in [0.2, 0.25) is 11.8 Å². The third-order valence-electron chi connectivity index (χ3n) is 4.51. The van der Waals surface area contributed by atoms with Crippen molar-refractivity contribution in [1.82, 2.24) is 20.4 Å². The van der Waals surface area contributed by atoms with Crippen molar-refractivity contribution in [2.45, 2.75) is 25.4 Å². The molecule has 134 valence electrons. The van der Waals surface area contributed by atoms with Gasteiger partial charge in [0.15, 0.2) is 0 Å². The Labute approximate surface area is 145 Å². The summed E-state index contributed by atoms with van der Waals surface area (Å²) in [5.74, 6) is -0.854. The second kappa shape index (κ2) is 7.60. The predicted octanol–water partition coefficient (Wildman–Crippen LogP) is 0.458. The monoisotopic (exact) mass is 348 g/mol. The average molecular weight is 348 g/mol. The maximum Gasteiger partial charge on any atom is 0.325 e. The number of imide groups is 1. The van der Waals surface area contributed by atoms with Gasteiger partial charge < -0.3 is 10.2 Å². The summed E-state index contributed by atoms with van der Waals surface area (Å²) in [6.45, 7) is 1.90. The first kappa shape index (κ1) is 17.3. The number of benzene rings is 1. The van der Waals surface area contributed by atoms with Gasteiger partial charge in [0, 0.05) is 31.2 Å². The Morgan fingerprint density at radius 1 is 1.24 bits per heavy atom. The fraction of sp³-hybridized carbons (Fsp3) is 0.471. The van der Waals surface area contributed by atoms with E-state index in [1.807, 2.05) is 6.07 Å². The van der Waals surface area contributed by atoms with Crippen LogP contribution < -0.4 is 10.6 Å². The Kier molecular flexibility index (Phi) is 5.28. The van der Waals surface area contributed by atoms with Crippen LogP contribution in [0.4, 0.5) is 9.18 Å². The highest BCUT2D eigenvalue weighted by molar-refractivity contribution is 6.03. The summed E-state index contributed by atoms with van der Waals surface area (Å²) in [5, 5.41) is 5.04. The topological polar surface area (TPSA) is 81.8 Å². The Morgan fingerprint density at radius 2 is 1.96 bits per heavy atom. The molecule has 3 rings (SSSR count). The van der Waals surface area contributed by atoms with Crippen molar-refractivity contribution >= 4 is 17.8 Å². The predicted molar refractivity (Wildman–Crippen MR) is 88.0 cm³/mol. The van der Waals surface area contributed by atoms with Gasteiger partial charge in [0.1, 0.15) is 18.9 Å². The van der Waals surface area contributed by atoms with Crippen LogP contribution in [-0.2, 0) is 16.1 Å². The summed E-state index contributed by atoms with van der Waals surface area (Å²) in [5.41, 5.74) is 0.676. The Morgan fingerprint density at radius 3 is 2.60 bits per heavy atom. The zero-order chi connectivity index (χ0) is 17.8. The number of hydrogen-bond acceptors (Lipinski definition) is 4. The van der Waals surface area contributed by atoms with Crippen molar-refractivity contribution in [3.05, 3.63) is 35.6 Å². The minimum Gasteiger partial charge on any atom is -0.352 e. The Hall–Kier alpha value is -2.48. The highest BCUT2D eigenvalue weighted by Gasteiger charge is 2.29. The number of halogens is 1. The summed E-state index contributed by atoms with van der Waals surface area (Å²) in [4.78, 5) is 37.9. The number of carbonyl (C=O) groups excluding carboxylic acids is 3. The molecule has 0 bridgehead atoms. The van der Waals surface area contributed by atoms with Crippen molar-refractivity contribution in [1.29, 1.82) is 0 Å². The van der Waals surface area contributed by atoms with E-state index < -0.39 is 6.03 Å². The first-order valence-electron chi connectivity index (χ1n) is 8.35. The van der Waals surface area contributed by atoms with Gasteiger partial charge in [-0.05, 0) is 18.9 Å². The molecule has 0 aromatic heterocycles. The van der Waals surface area contributed by atoms with E-state index in [2.05, 4.69) is 15.5 Å².